The zero-order chi connectivity index (χ0) is 27.9. The molecule has 0 saturated carbocycles. The Kier molecular flexibility index (Phi) is 7.26. The molecule has 0 aliphatic carbocycles. The van der Waals surface area contributed by atoms with E-state index in [1.54, 1.807) is 30.9 Å². The van der Waals surface area contributed by atoms with Crippen molar-refractivity contribution in [2.75, 3.05) is 43.2 Å². The van der Waals surface area contributed by atoms with Crippen LogP contribution < -0.4 is 21.3 Å². The van der Waals surface area contributed by atoms with E-state index in [0.717, 1.165) is 30.4 Å². The Hall–Kier alpha value is -3.63. The van der Waals surface area contributed by atoms with E-state index in [-0.39, 0.29) is 39.8 Å². The molecule has 1 fully saturated rings. The molecule has 39 heavy (non-hydrogen) atoms. The van der Waals surface area contributed by atoms with E-state index in [0.29, 0.717) is 35.6 Å². The van der Waals surface area contributed by atoms with E-state index >= 15 is 8.78 Å². The minimum atomic E-state index is -1.20. The molecule has 12 heteroatoms. The fourth-order valence-electron chi connectivity index (χ4n) is 4.72. The Morgan fingerprint density at radius 1 is 1.13 bits per heavy atom. The standard InChI is InChI=1S/C27H27F3N6O2S/c1-27(2,38)14-36-24-20(33-34-36)11-18(22(29)23(24)30)25-17(15-4-5-16(13-31)19(28)10-15)12-21(39-25)26(37)35-8-3-6-32-7-9-35/h4-5,10-12,32-34,38H,3,6-9,14H2,1-2H3. The van der Waals surface area contributed by atoms with E-state index in [1.165, 1.54) is 23.2 Å². The van der Waals surface area contributed by atoms with Gasteiger partial charge in [0.2, 0.25) is 0 Å². The lowest BCUT2D eigenvalue weighted by molar-refractivity contribution is 0.0770. The van der Waals surface area contributed by atoms with Crippen molar-refractivity contribution in [3.63, 3.8) is 0 Å². The van der Waals surface area contributed by atoms with Gasteiger partial charge < -0.3 is 20.7 Å². The molecular formula is C27H27F3N6O2S. The normalized spacial score (nSPS) is 15.5. The summed E-state index contributed by atoms with van der Waals surface area (Å²) < 4.78 is 45.8. The second kappa shape index (κ2) is 10.5. The summed E-state index contributed by atoms with van der Waals surface area (Å²) >= 11 is 1.00. The zero-order valence-corrected chi connectivity index (χ0v) is 22.2. The van der Waals surface area contributed by atoms with E-state index in [9.17, 15) is 14.3 Å². The van der Waals surface area contributed by atoms with Crippen LogP contribution in [0.3, 0.4) is 0 Å². The number of halogens is 3. The van der Waals surface area contributed by atoms with Crippen LogP contribution in [0, 0.1) is 28.8 Å². The van der Waals surface area contributed by atoms with Crippen LogP contribution in [0.1, 0.15) is 35.5 Å². The summed E-state index contributed by atoms with van der Waals surface area (Å²) in [7, 11) is 0. The number of hydrazine groups is 2. The van der Waals surface area contributed by atoms with Gasteiger partial charge in [0.25, 0.3) is 5.91 Å². The van der Waals surface area contributed by atoms with Gasteiger partial charge in [-0.1, -0.05) is 6.07 Å². The lowest BCUT2D eigenvalue weighted by Crippen LogP contribution is -2.45. The van der Waals surface area contributed by atoms with Crippen molar-refractivity contribution in [3.05, 3.63) is 58.2 Å². The van der Waals surface area contributed by atoms with Crippen LogP contribution in [0.15, 0.2) is 30.3 Å². The van der Waals surface area contributed by atoms with Crippen molar-refractivity contribution in [2.24, 2.45) is 0 Å². The number of carbonyl (C=O) groups is 1. The molecule has 0 radical (unpaired) electrons. The molecular weight excluding hydrogens is 529 g/mol. The van der Waals surface area contributed by atoms with E-state index in [4.69, 9.17) is 5.26 Å². The summed E-state index contributed by atoms with van der Waals surface area (Å²) in [6.07, 6.45) is 0.780. The molecule has 1 aromatic heterocycles. The van der Waals surface area contributed by atoms with Gasteiger partial charge >= 0.3 is 0 Å². The maximum absolute atomic E-state index is 15.7. The number of hydrogen-bond acceptors (Lipinski definition) is 8. The smallest absolute Gasteiger partial charge is 0.264 e. The van der Waals surface area contributed by atoms with Crippen LogP contribution >= 0.6 is 11.3 Å². The van der Waals surface area contributed by atoms with Crippen molar-refractivity contribution >= 4 is 28.6 Å². The zero-order valence-electron chi connectivity index (χ0n) is 21.4. The Bertz CT molecular complexity index is 1470. The number of rotatable bonds is 5. The van der Waals surface area contributed by atoms with Gasteiger partial charge in [0.15, 0.2) is 11.6 Å². The Labute approximate surface area is 227 Å². The second-order valence-electron chi connectivity index (χ2n) is 10.1. The lowest BCUT2D eigenvalue weighted by atomic mass is 9.99. The number of amides is 1. The fraction of sp³-hybridized carbons (Fsp3) is 0.333. The highest BCUT2D eigenvalue weighted by Gasteiger charge is 2.33. The first kappa shape index (κ1) is 27.0. The van der Waals surface area contributed by atoms with Gasteiger partial charge in [-0.2, -0.15) is 5.26 Å². The van der Waals surface area contributed by atoms with Crippen molar-refractivity contribution in [1.29, 1.82) is 5.26 Å². The molecule has 0 bridgehead atoms. The van der Waals surface area contributed by atoms with Crippen LogP contribution in [-0.4, -0.2) is 54.2 Å². The third kappa shape index (κ3) is 5.31. The van der Waals surface area contributed by atoms with E-state index in [1.807, 2.05) is 0 Å². The van der Waals surface area contributed by atoms with Crippen molar-refractivity contribution in [1.82, 2.24) is 15.8 Å². The molecule has 0 spiro atoms. The van der Waals surface area contributed by atoms with Crippen LogP contribution in [0.4, 0.5) is 24.5 Å². The third-order valence-corrected chi connectivity index (χ3v) is 7.69. The minimum Gasteiger partial charge on any atom is -0.389 e. The van der Waals surface area contributed by atoms with Crippen molar-refractivity contribution < 1.29 is 23.1 Å². The van der Waals surface area contributed by atoms with Gasteiger partial charge in [0, 0.05) is 35.6 Å². The molecule has 8 nitrogen and oxygen atoms in total. The number of aliphatic hydroxyl groups is 1. The predicted molar refractivity (Wildman–Crippen MR) is 144 cm³/mol. The van der Waals surface area contributed by atoms with Gasteiger partial charge in [-0.15, -0.1) is 16.9 Å². The number of nitriles is 1. The Morgan fingerprint density at radius 2 is 1.92 bits per heavy atom. The van der Waals surface area contributed by atoms with Gasteiger partial charge in [0.1, 0.15) is 17.6 Å². The second-order valence-corrected chi connectivity index (χ2v) is 11.2. The van der Waals surface area contributed by atoms with Gasteiger partial charge in [-0.25, -0.2) is 13.2 Å². The molecule has 2 aliphatic rings. The molecule has 3 heterocycles. The monoisotopic (exact) mass is 556 g/mol. The number of nitrogens with one attached hydrogen (secondary N) is 3. The third-order valence-electron chi connectivity index (χ3n) is 6.54. The average molecular weight is 557 g/mol. The molecule has 4 N–H and O–H groups in total. The van der Waals surface area contributed by atoms with Crippen molar-refractivity contribution in [2.45, 2.75) is 25.9 Å². The molecule has 204 valence electrons. The largest absolute Gasteiger partial charge is 0.389 e. The highest BCUT2D eigenvalue weighted by atomic mass is 32.1. The summed E-state index contributed by atoms with van der Waals surface area (Å²) in [5.74, 6) is -3.29. The van der Waals surface area contributed by atoms with Gasteiger partial charge in [-0.3, -0.25) is 9.80 Å². The number of nitrogens with zero attached hydrogens (tertiary/aromatic N) is 3. The number of hydrogen-bond donors (Lipinski definition) is 4. The first-order chi connectivity index (χ1) is 18.6. The SMILES string of the molecule is CC(C)(O)CN1NNc2cc(-c3sc(C(=O)N4CCCNCC4)cc3-c3ccc(C#N)c(F)c3)c(F)c(F)c21. The topological polar surface area (TPSA) is 104 Å². The molecule has 2 aromatic carbocycles. The first-order valence-electron chi connectivity index (χ1n) is 12.4. The van der Waals surface area contributed by atoms with Crippen LogP contribution in [0.5, 0.6) is 0 Å². The van der Waals surface area contributed by atoms with E-state index in [2.05, 4.69) is 16.3 Å². The number of benzene rings is 2. The van der Waals surface area contributed by atoms with Gasteiger partial charge in [0.05, 0.1) is 28.3 Å². The summed E-state index contributed by atoms with van der Waals surface area (Å²) in [5, 5.41) is 23.8. The van der Waals surface area contributed by atoms with Crippen LogP contribution in [0.25, 0.3) is 21.6 Å². The van der Waals surface area contributed by atoms with Crippen molar-refractivity contribution in [3.8, 4) is 27.6 Å². The molecule has 1 amide bonds. The number of thiophene rings is 1. The number of anilines is 2. The van der Waals surface area contributed by atoms with Crippen LogP contribution in [0.2, 0.25) is 0 Å². The average Bonchev–Trinajstić information content (AvgIpc) is 3.39. The predicted octanol–water partition coefficient (Wildman–Crippen LogP) is 4.23. The summed E-state index contributed by atoms with van der Waals surface area (Å²) in [4.78, 5) is 15.7. The van der Waals surface area contributed by atoms with E-state index < -0.39 is 23.1 Å². The highest BCUT2D eigenvalue weighted by Crippen LogP contribution is 2.46. The molecule has 3 aromatic rings. The quantitative estimate of drug-likeness (QED) is 0.373. The minimum absolute atomic E-state index is 0.0270. The number of carbonyl (C=O) groups excluding carboxylic acids is 1. The maximum Gasteiger partial charge on any atom is 0.264 e. The summed E-state index contributed by atoms with van der Waals surface area (Å²) in [6, 6.07) is 8.74. The number of fused-ring (bicyclic) bond motifs is 1. The molecule has 2 aliphatic heterocycles. The Balaban J connectivity index is 1.63. The Morgan fingerprint density at radius 3 is 2.64 bits per heavy atom. The summed E-state index contributed by atoms with van der Waals surface area (Å²) in [6.45, 7) is 5.55. The molecule has 0 atom stereocenters. The number of β-amino-alcohol motifs (C(OH)–C–C–N with tert-alkyl or cyclic N) is 1. The molecule has 5 rings (SSSR count). The lowest BCUT2D eigenvalue weighted by Gasteiger charge is -2.26. The fourth-order valence-corrected chi connectivity index (χ4v) is 5.88. The molecule has 0 unspecified atom stereocenters. The van der Waals surface area contributed by atoms with Crippen LogP contribution in [-0.2, 0) is 0 Å². The molecule has 1 saturated heterocycles. The van der Waals surface area contributed by atoms with Gasteiger partial charge in [-0.05, 0) is 56.6 Å². The summed E-state index contributed by atoms with van der Waals surface area (Å²) in [5.41, 5.74) is 4.91. The highest BCUT2D eigenvalue weighted by molar-refractivity contribution is 7.18. The first-order valence-corrected chi connectivity index (χ1v) is 13.3. The maximum atomic E-state index is 15.7.